The summed E-state index contributed by atoms with van der Waals surface area (Å²) in [5.41, 5.74) is 4.72. The minimum absolute atomic E-state index is 0.495. The number of anilines is 1. The van der Waals surface area contributed by atoms with E-state index >= 15 is 0 Å². The summed E-state index contributed by atoms with van der Waals surface area (Å²) >= 11 is 8.30. The Balaban J connectivity index is 1.40. The van der Waals surface area contributed by atoms with Crippen molar-refractivity contribution in [2.45, 2.75) is 35.9 Å². The van der Waals surface area contributed by atoms with Crippen molar-refractivity contribution in [1.29, 1.82) is 0 Å². The zero-order valence-corrected chi connectivity index (χ0v) is 18.0. The summed E-state index contributed by atoms with van der Waals surface area (Å²) in [5, 5.41) is 5.07. The number of allylic oxidation sites excluding steroid dienone is 1. The Labute approximate surface area is 183 Å². The van der Waals surface area contributed by atoms with Crippen molar-refractivity contribution in [3.8, 4) is 0 Å². The number of rotatable bonds is 4. The molecule has 0 radical (unpaired) electrons. The van der Waals surface area contributed by atoms with Gasteiger partial charge < -0.3 is 10.2 Å². The number of aromatic nitrogens is 5. The summed E-state index contributed by atoms with van der Waals surface area (Å²) in [6.07, 6.45) is 6.87. The highest BCUT2D eigenvalue weighted by atomic mass is 35.5. The smallest absolute Gasteiger partial charge is 0.194 e. The van der Waals surface area contributed by atoms with Gasteiger partial charge in [-0.25, -0.2) is 19.9 Å². The number of fused-ring (bicyclic) bond motifs is 3. The predicted octanol–water partition coefficient (Wildman–Crippen LogP) is 3.29. The van der Waals surface area contributed by atoms with Gasteiger partial charge in [0, 0.05) is 61.5 Å². The molecule has 2 unspecified atom stereocenters. The fourth-order valence-corrected chi connectivity index (χ4v) is 5.75. The number of hydrogen-bond acceptors (Lipinski definition) is 8. The van der Waals surface area contributed by atoms with E-state index in [2.05, 4.69) is 32.1 Å². The van der Waals surface area contributed by atoms with E-state index in [0.29, 0.717) is 17.6 Å². The molecule has 2 atom stereocenters. The van der Waals surface area contributed by atoms with Crippen molar-refractivity contribution in [3.05, 3.63) is 41.5 Å². The monoisotopic (exact) mass is 437 g/mol. The highest BCUT2D eigenvalue weighted by Crippen LogP contribution is 2.45. The zero-order chi connectivity index (χ0) is 20.2. The van der Waals surface area contributed by atoms with Gasteiger partial charge in [0.25, 0.3) is 0 Å². The summed E-state index contributed by atoms with van der Waals surface area (Å²) in [5.74, 6) is 1.68. The molecule has 0 spiro atoms. The van der Waals surface area contributed by atoms with Gasteiger partial charge in [0.2, 0.25) is 0 Å². The summed E-state index contributed by atoms with van der Waals surface area (Å²) in [6, 6.07) is 2.48. The van der Waals surface area contributed by atoms with Crippen molar-refractivity contribution in [1.82, 2.24) is 30.2 Å². The first-order valence-electron chi connectivity index (χ1n) is 10.2. The molecule has 1 N–H and O–H groups in total. The van der Waals surface area contributed by atoms with E-state index in [1.54, 1.807) is 18.6 Å². The fourth-order valence-electron chi connectivity index (χ4n) is 4.58. The predicted molar refractivity (Wildman–Crippen MR) is 118 cm³/mol. The second-order valence-corrected chi connectivity index (χ2v) is 9.33. The summed E-state index contributed by atoms with van der Waals surface area (Å²) in [4.78, 5) is 26.2. The second kappa shape index (κ2) is 7.14. The van der Waals surface area contributed by atoms with Crippen LogP contribution in [0.4, 0.5) is 5.82 Å². The number of nitrogens with one attached hydrogen (secondary N) is 1. The summed E-state index contributed by atoms with van der Waals surface area (Å²) < 4.78 is 0. The van der Waals surface area contributed by atoms with Crippen LogP contribution in [-0.4, -0.2) is 50.6 Å². The van der Waals surface area contributed by atoms with Gasteiger partial charge in [-0.3, -0.25) is 4.98 Å². The number of nitrogens with zero attached hydrogens (tertiary/aromatic N) is 6. The van der Waals surface area contributed by atoms with E-state index < -0.39 is 0 Å². The Hall–Kier alpha value is -2.29. The van der Waals surface area contributed by atoms with Crippen LogP contribution in [0.15, 0.2) is 40.3 Å². The van der Waals surface area contributed by atoms with E-state index in [0.717, 1.165) is 70.2 Å². The molecule has 9 heteroatoms. The van der Waals surface area contributed by atoms with Crippen LogP contribution in [0.25, 0.3) is 16.2 Å². The molecule has 2 fully saturated rings. The third-order valence-corrected chi connectivity index (χ3v) is 7.48. The first kappa shape index (κ1) is 18.5. The molecule has 2 aliphatic heterocycles. The van der Waals surface area contributed by atoms with E-state index in [-0.39, 0.29) is 0 Å². The Bertz CT molecular complexity index is 1200. The van der Waals surface area contributed by atoms with Gasteiger partial charge in [0.05, 0.1) is 16.3 Å². The van der Waals surface area contributed by atoms with Crippen molar-refractivity contribution < 1.29 is 0 Å². The van der Waals surface area contributed by atoms with E-state index in [1.165, 1.54) is 17.3 Å². The number of pyridine rings is 1. The van der Waals surface area contributed by atoms with Gasteiger partial charge in [0.15, 0.2) is 10.8 Å². The van der Waals surface area contributed by atoms with Gasteiger partial charge >= 0.3 is 0 Å². The molecular formula is C21H20ClN7S. The summed E-state index contributed by atoms with van der Waals surface area (Å²) in [6.45, 7) is 5.25. The van der Waals surface area contributed by atoms with Gasteiger partial charge in [-0.05, 0) is 29.8 Å². The highest BCUT2D eigenvalue weighted by Gasteiger charge is 2.44. The first-order valence-corrected chi connectivity index (χ1v) is 11.4. The van der Waals surface area contributed by atoms with E-state index in [4.69, 9.17) is 21.6 Å². The average molecular weight is 438 g/mol. The third-order valence-electron chi connectivity index (χ3n) is 6.20. The normalized spacial score (nSPS) is 22.4. The van der Waals surface area contributed by atoms with Crippen LogP contribution < -0.4 is 10.2 Å². The standard InChI is InChI=1S/C21H20ClN7S/c1-2-11-5-14-17(18(11)22)20(29-10-12-7-23-9-16(12)29)28-21(27-14)30-13-6-15-19(26-8-13)25-4-3-24-15/h3-4,6,8,12,16,23H,2,5,7,9-10H2,1H3. The SMILES string of the molecule is CCC1=C(Cl)c2c(nc(Sc3cnc4nccnc4c3)nc2N2CC3CNCC32)C1. The van der Waals surface area contributed by atoms with Gasteiger partial charge in [-0.2, -0.15) is 0 Å². The van der Waals surface area contributed by atoms with Crippen molar-refractivity contribution in [2.75, 3.05) is 24.5 Å². The Morgan fingerprint density at radius 2 is 2.10 bits per heavy atom. The largest absolute Gasteiger partial charge is 0.351 e. The molecule has 30 heavy (non-hydrogen) atoms. The molecule has 0 bridgehead atoms. The van der Waals surface area contributed by atoms with Crippen LogP contribution in [0.3, 0.4) is 0 Å². The minimum Gasteiger partial charge on any atom is -0.351 e. The van der Waals surface area contributed by atoms with Crippen LogP contribution in [0.1, 0.15) is 24.6 Å². The maximum absolute atomic E-state index is 6.79. The van der Waals surface area contributed by atoms with Crippen molar-refractivity contribution >= 4 is 45.4 Å². The Kier molecular flexibility index (Phi) is 4.40. The van der Waals surface area contributed by atoms with Crippen LogP contribution >= 0.6 is 23.4 Å². The van der Waals surface area contributed by atoms with Gasteiger partial charge in [0.1, 0.15) is 11.3 Å². The molecule has 0 saturated carbocycles. The van der Waals surface area contributed by atoms with Crippen LogP contribution in [-0.2, 0) is 6.42 Å². The quantitative estimate of drug-likeness (QED) is 0.623. The molecule has 3 aromatic rings. The first-order chi connectivity index (χ1) is 14.7. The molecular weight excluding hydrogens is 418 g/mol. The Morgan fingerprint density at radius 1 is 1.20 bits per heavy atom. The topological polar surface area (TPSA) is 79.7 Å². The third kappa shape index (κ3) is 2.89. The second-order valence-electron chi connectivity index (χ2n) is 7.91. The van der Waals surface area contributed by atoms with Crippen LogP contribution in [0.5, 0.6) is 0 Å². The molecule has 3 aliphatic rings. The lowest BCUT2D eigenvalue weighted by Gasteiger charge is -2.45. The molecule has 5 heterocycles. The Morgan fingerprint density at radius 3 is 2.97 bits per heavy atom. The summed E-state index contributed by atoms with van der Waals surface area (Å²) in [7, 11) is 0. The van der Waals surface area contributed by atoms with Crippen molar-refractivity contribution in [2.24, 2.45) is 5.92 Å². The molecule has 0 amide bonds. The molecule has 2 saturated heterocycles. The molecule has 7 nitrogen and oxygen atoms in total. The lowest BCUT2D eigenvalue weighted by atomic mass is 9.91. The number of hydrogen-bond donors (Lipinski definition) is 1. The van der Waals surface area contributed by atoms with Crippen LogP contribution in [0, 0.1) is 5.92 Å². The van der Waals surface area contributed by atoms with Crippen molar-refractivity contribution in [3.63, 3.8) is 0 Å². The molecule has 6 rings (SSSR count). The maximum atomic E-state index is 6.79. The number of halogens is 1. The van der Waals surface area contributed by atoms with Crippen LogP contribution in [0.2, 0.25) is 0 Å². The molecule has 152 valence electrons. The minimum atomic E-state index is 0.495. The van der Waals surface area contributed by atoms with E-state index in [1.807, 2.05) is 6.07 Å². The lowest BCUT2D eigenvalue weighted by molar-refractivity contribution is 0.361. The maximum Gasteiger partial charge on any atom is 0.194 e. The molecule has 0 aromatic carbocycles. The van der Waals surface area contributed by atoms with Gasteiger partial charge in [-0.15, -0.1) is 0 Å². The fraction of sp³-hybridized carbons (Fsp3) is 0.381. The lowest BCUT2D eigenvalue weighted by Crippen LogP contribution is -2.56. The van der Waals surface area contributed by atoms with Gasteiger partial charge in [-0.1, -0.05) is 18.5 Å². The average Bonchev–Trinajstić information content (AvgIpc) is 3.27. The molecule has 3 aromatic heterocycles. The zero-order valence-electron chi connectivity index (χ0n) is 16.5. The highest BCUT2D eigenvalue weighted by molar-refractivity contribution is 7.99. The molecule has 1 aliphatic carbocycles. The van der Waals surface area contributed by atoms with E-state index in [9.17, 15) is 0 Å².